The fourth-order valence-corrected chi connectivity index (χ4v) is 4.19. The molecule has 0 aliphatic carbocycles. The Hall–Kier alpha value is -2.24. The van der Waals surface area contributed by atoms with Gasteiger partial charge in [-0.3, -0.25) is 9.59 Å². The molecule has 1 aromatic carbocycles. The number of rotatable bonds is 2. The van der Waals surface area contributed by atoms with Crippen molar-refractivity contribution in [2.75, 3.05) is 26.4 Å². The molecule has 3 heterocycles. The Morgan fingerprint density at radius 1 is 1.16 bits per heavy atom. The number of amides is 2. The van der Waals surface area contributed by atoms with Gasteiger partial charge in [-0.05, 0) is 42.4 Å². The van der Waals surface area contributed by atoms with Crippen LogP contribution in [0.3, 0.4) is 0 Å². The minimum absolute atomic E-state index is 0.145. The number of hydrogen-bond acceptors (Lipinski definition) is 4. The van der Waals surface area contributed by atoms with E-state index < -0.39 is 0 Å². The molecule has 0 bridgehead atoms. The molecule has 6 heteroatoms. The summed E-state index contributed by atoms with van der Waals surface area (Å²) in [5.41, 5.74) is 1.06. The zero-order valence-electron chi connectivity index (χ0n) is 14.6. The van der Waals surface area contributed by atoms with Crippen molar-refractivity contribution in [2.45, 2.75) is 32.7 Å². The lowest BCUT2D eigenvalue weighted by Gasteiger charge is -2.36. The molecule has 2 amide bonds. The predicted molar refractivity (Wildman–Crippen MR) is 91.1 cm³/mol. The SMILES string of the molecule is CC(=O)N1CC[C@@H]2CC(=O)N(Cc3ccc4c(c3)OCO4)CC[C@H]2C1. The van der Waals surface area contributed by atoms with Crippen LogP contribution in [0.15, 0.2) is 18.2 Å². The molecule has 0 aromatic heterocycles. The Labute approximate surface area is 147 Å². The number of carbonyl (C=O) groups excluding carboxylic acids is 2. The van der Waals surface area contributed by atoms with E-state index in [9.17, 15) is 9.59 Å². The lowest BCUT2D eigenvalue weighted by Crippen LogP contribution is -2.42. The van der Waals surface area contributed by atoms with Crippen LogP contribution in [0.2, 0.25) is 0 Å². The highest BCUT2D eigenvalue weighted by Crippen LogP contribution is 2.35. The molecule has 0 saturated carbocycles. The van der Waals surface area contributed by atoms with Crippen LogP contribution in [0.25, 0.3) is 0 Å². The van der Waals surface area contributed by atoms with Gasteiger partial charge in [-0.2, -0.15) is 0 Å². The highest BCUT2D eigenvalue weighted by atomic mass is 16.7. The molecule has 2 fully saturated rings. The number of likely N-dealkylation sites (tertiary alicyclic amines) is 2. The average molecular weight is 344 g/mol. The summed E-state index contributed by atoms with van der Waals surface area (Å²) in [4.78, 5) is 28.2. The van der Waals surface area contributed by atoms with E-state index in [1.807, 2.05) is 28.0 Å². The first-order valence-corrected chi connectivity index (χ1v) is 9.02. The molecule has 4 rings (SSSR count). The van der Waals surface area contributed by atoms with Crippen LogP contribution in [0.4, 0.5) is 0 Å². The molecular weight excluding hydrogens is 320 g/mol. The fourth-order valence-electron chi connectivity index (χ4n) is 4.19. The molecule has 0 radical (unpaired) electrons. The van der Waals surface area contributed by atoms with E-state index in [4.69, 9.17) is 9.47 Å². The number of benzene rings is 1. The van der Waals surface area contributed by atoms with Gasteiger partial charge in [-0.1, -0.05) is 6.07 Å². The Bertz CT molecular complexity index is 690. The Balaban J connectivity index is 1.43. The van der Waals surface area contributed by atoms with Gasteiger partial charge in [0.1, 0.15) is 0 Å². The monoisotopic (exact) mass is 344 g/mol. The Kier molecular flexibility index (Phi) is 4.27. The number of hydrogen-bond donors (Lipinski definition) is 0. The summed E-state index contributed by atoms with van der Waals surface area (Å²) in [7, 11) is 0. The maximum atomic E-state index is 12.7. The van der Waals surface area contributed by atoms with Crippen molar-refractivity contribution in [1.82, 2.24) is 9.80 Å². The van der Waals surface area contributed by atoms with Crippen molar-refractivity contribution >= 4 is 11.8 Å². The lowest BCUT2D eigenvalue weighted by atomic mass is 9.82. The second kappa shape index (κ2) is 6.58. The topological polar surface area (TPSA) is 59.1 Å². The predicted octanol–water partition coefficient (Wildman–Crippen LogP) is 2.02. The van der Waals surface area contributed by atoms with E-state index in [1.165, 1.54) is 0 Å². The second-order valence-corrected chi connectivity index (χ2v) is 7.27. The number of fused-ring (bicyclic) bond motifs is 2. The third-order valence-electron chi connectivity index (χ3n) is 5.71. The van der Waals surface area contributed by atoms with E-state index in [0.29, 0.717) is 24.8 Å². The summed E-state index contributed by atoms with van der Waals surface area (Å²) < 4.78 is 10.8. The summed E-state index contributed by atoms with van der Waals surface area (Å²) in [5, 5.41) is 0. The summed E-state index contributed by atoms with van der Waals surface area (Å²) in [6.45, 7) is 4.83. The first-order valence-electron chi connectivity index (χ1n) is 9.02. The van der Waals surface area contributed by atoms with Gasteiger partial charge in [-0.15, -0.1) is 0 Å². The number of carbonyl (C=O) groups is 2. The molecule has 134 valence electrons. The first-order chi connectivity index (χ1) is 12.1. The van der Waals surface area contributed by atoms with Gasteiger partial charge >= 0.3 is 0 Å². The van der Waals surface area contributed by atoms with Crippen LogP contribution in [0.1, 0.15) is 31.7 Å². The van der Waals surface area contributed by atoms with Crippen LogP contribution < -0.4 is 9.47 Å². The van der Waals surface area contributed by atoms with E-state index in [-0.39, 0.29) is 18.6 Å². The summed E-state index contributed by atoms with van der Waals surface area (Å²) in [5.74, 6) is 2.73. The van der Waals surface area contributed by atoms with Gasteiger partial charge in [0, 0.05) is 39.5 Å². The van der Waals surface area contributed by atoms with Gasteiger partial charge in [0.15, 0.2) is 11.5 Å². The van der Waals surface area contributed by atoms with E-state index >= 15 is 0 Å². The molecule has 1 aromatic rings. The van der Waals surface area contributed by atoms with Crippen molar-refractivity contribution in [1.29, 1.82) is 0 Å². The first kappa shape index (κ1) is 16.2. The van der Waals surface area contributed by atoms with Gasteiger partial charge in [0.2, 0.25) is 18.6 Å². The van der Waals surface area contributed by atoms with Crippen LogP contribution >= 0.6 is 0 Å². The fraction of sp³-hybridized carbons (Fsp3) is 0.579. The smallest absolute Gasteiger partial charge is 0.231 e. The Morgan fingerprint density at radius 3 is 2.80 bits per heavy atom. The molecule has 2 saturated heterocycles. The van der Waals surface area contributed by atoms with E-state index in [2.05, 4.69) is 0 Å². The molecule has 0 unspecified atom stereocenters. The van der Waals surface area contributed by atoms with Crippen molar-refractivity contribution in [3.8, 4) is 11.5 Å². The Morgan fingerprint density at radius 2 is 1.96 bits per heavy atom. The highest BCUT2D eigenvalue weighted by Gasteiger charge is 2.35. The minimum Gasteiger partial charge on any atom is -0.454 e. The lowest BCUT2D eigenvalue weighted by molar-refractivity contribution is -0.132. The molecule has 25 heavy (non-hydrogen) atoms. The average Bonchev–Trinajstić information content (AvgIpc) is 3.00. The third-order valence-corrected chi connectivity index (χ3v) is 5.71. The van der Waals surface area contributed by atoms with Gasteiger partial charge in [0.05, 0.1) is 0 Å². The van der Waals surface area contributed by atoms with E-state index in [1.54, 1.807) is 6.92 Å². The maximum absolute atomic E-state index is 12.7. The standard InChI is InChI=1S/C19H24N2O4/c1-13(22)20-6-4-15-9-19(23)21(7-5-16(15)11-20)10-14-2-3-17-18(8-14)25-12-24-17/h2-3,8,15-16H,4-7,9-12H2,1H3/t15-,16+/m1/s1. The quantitative estimate of drug-likeness (QED) is 0.824. The molecule has 6 nitrogen and oxygen atoms in total. The number of ether oxygens (including phenoxy) is 2. The molecule has 0 N–H and O–H groups in total. The molecule has 3 aliphatic rings. The zero-order chi connectivity index (χ0) is 17.4. The summed E-state index contributed by atoms with van der Waals surface area (Å²) in [6, 6.07) is 5.87. The number of piperidine rings is 1. The maximum Gasteiger partial charge on any atom is 0.231 e. The van der Waals surface area contributed by atoms with E-state index in [0.717, 1.165) is 49.5 Å². The van der Waals surface area contributed by atoms with Crippen LogP contribution in [0.5, 0.6) is 11.5 Å². The van der Waals surface area contributed by atoms with Crippen molar-refractivity contribution in [2.24, 2.45) is 11.8 Å². The molecule has 0 spiro atoms. The largest absolute Gasteiger partial charge is 0.454 e. The molecule has 3 aliphatic heterocycles. The van der Waals surface area contributed by atoms with Crippen LogP contribution in [-0.4, -0.2) is 48.0 Å². The van der Waals surface area contributed by atoms with Crippen molar-refractivity contribution < 1.29 is 19.1 Å². The van der Waals surface area contributed by atoms with Gasteiger partial charge < -0.3 is 19.3 Å². The third kappa shape index (κ3) is 3.30. The zero-order valence-corrected chi connectivity index (χ0v) is 14.6. The normalized spacial score (nSPS) is 25.6. The van der Waals surface area contributed by atoms with Crippen LogP contribution in [0, 0.1) is 11.8 Å². The van der Waals surface area contributed by atoms with Crippen molar-refractivity contribution in [3.63, 3.8) is 0 Å². The summed E-state index contributed by atoms with van der Waals surface area (Å²) in [6.07, 6.45) is 2.50. The van der Waals surface area contributed by atoms with Crippen molar-refractivity contribution in [3.05, 3.63) is 23.8 Å². The minimum atomic E-state index is 0.145. The molecule has 2 atom stereocenters. The van der Waals surface area contributed by atoms with Gasteiger partial charge in [0.25, 0.3) is 0 Å². The highest BCUT2D eigenvalue weighted by molar-refractivity contribution is 5.77. The number of nitrogens with zero attached hydrogens (tertiary/aromatic N) is 2. The van der Waals surface area contributed by atoms with Crippen LogP contribution in [-0.2, 0) is 16.1 Å². The second-order valence-electron chi connectivity index (χ2n) is 7.27. The molecular formula is C19H24N2O4. The summed E-state index contributed by atoms with van der Waals surface area (Å²) >= 11 is 0. The van der Waals surface area contributed by atoms with Gasteiger partial charge in [-0.25, -0.2) is 0 Å².